The van der Waals surface area contributed by atoms with Gasteiger partial charge in [-0.3, -0.25) is 4.79 Å². The van der Waals surface area contributed by atoms with E-state index in [2.05, 4.69) is 15.3 Å². The summed E-state index contributed by atoms with van der Waals surface area (Å²) in [4.78, 5) is 22.4. The zero-order valence-electron chi connectivity index (χ0n) is 11.7. The van der Waals surface area contributed by atoms with E-state index in [0.29, 0.717) is 27.2 Å². The lowest BCUT2D eigenvalue weighted by molar-refractivity contribution is 0.0786. The molecule has 1 aliphatic heterocycles. The summed E-state index contributed by atoms with van der Waals surface area (Å²) in [6.07, 6.45) is 5.08. The molecule has 1 aromatic carbocycles. The molecule has 0 saturated carbocycles. The number of rotatable bonds is 3. The highest BCUT2D eigenvalue weighted by atomic mass is 35.5. The lowest BCUT2D eigenvalue weighted by atomic mass is 10.3. The Bertz CT molecular complexity index is 684. The minimum Gasteiger partial charge on any atom is -0.338 e. The largest absolute Gasteiger partial charge is 0.338 e. The average Bonchev–Trinajstić information content (AvgIpc) is 3.06. The van der Waals surface area contributed by atoms with Crippen molar-refractivity contribution in [2.24, 2.45) is 0 Å². The SMILES string of the molecule is O=C(c1cnc(Nc2cccc(Cl)c2Cl)cn1)N1CCCC1. The van der Waals surface area contributed by atoms with Crippen LogP contribution in [0.15, 0.2) is 30.6 Å². The van der Waals surface area contributed by atoms with Crippen LogP contribution in [0.5, 0.6) is 0 Å². The van der Waals surface area contributed by atoms with Crippen molar-refractivity contribution in [3.8, 4) is 0 Å². The number of benzene rings is 1. The van der Waals surface area contributed by atoms with Crippen LogP contribution in [0.2, 0.25) is 10.0 Å². The molecular weight excluding hydrogens is 323 g/mol. The first-order valence-corrected chi connectivity index (χ1v) is 7.73. The van der Waals surface area contributed by atoms with Gasteiger partial charge in [-0.05, 0) is 25.0 Å². The maximum absolute atomic E-state index is 12.2. The summed E-state index contributed by atoms with van der Waals surface area (Å²) in [6, 6.07) is 5.28. The van der Waals surface area contributed by atoms with Crippen molar-refractivity contribution in [2.45, 2.75) is 12.8 Å². The summed E-state index contributed by atoms with van der Waals surface area (Å²) in [5.41, 5.74) is 0.992. The molecule has 114 valence electrons. The van der Waals surface area contributed by atoms with Gasteiger partial charge in [-0.2, -0.15) is 0 Å². The van der Waals surface area contributed by atoms with Gasteiger partial charge in [-0.25, -0.2) is 9.97 Å². The van der Waals surface area contributed by atoms with Gasteiger partial charge in [-0.15, -0.1) is 0 Å². The quantitative estimate of drug-likeness (QED) is 0.926. The van der Waals surface area contributed by atoms with Crippen LogP contribution in [0.4, 0.5) is 11.5 Å². The molecule has 2 aromatic rings. The smallest absolute Gasteiger partial charge is 0.274 e. The third kappa shape index (κ3) is 3.15. The fraction of sp³-hybridized carbons (Fsp3) is 0.267. The Balaban J connectivity index is 1.74. The second-order valence-electron chi connectivity index (χ2n) is 5.01. The third-order valence-corrected chi connectivity index (χ3v) is 4.30. The third-order valence-electron chi connectivity index (χ3n) is 3.48. The van der Waals surface area contributed by atoms with Gasteiger partial charge < -0.3 is 10.2 Å². The molecule has 1 N–H and O–H groups in total. The van der Waals surface area contributed by atoms with E-state index < -0.39 is 0 Å². The maximum atomic E-state index is 12.2. The lowest BCUT2D eigenvalue weighted by Crippen LogP contribution is -2.28. The molecule has 0 atom stereocenters. The summed E-state index contributed by atoms with van der Waals surface area (Å²) in [6.45, 7) is 1.58. The molecule has 1 amide bonds. The Morgan fingerprint density at radius 2 is 1.91 bits per heavy atom. The van der Waals surface area contributed by atoms with Crippen molar-refractivity contribution >= 4 is 40.6 Å². The van der Waals surface area contributed by atoms with E-state index >= 15 is 0 Å². The van der Waals surface area contributed by atoms with Gasteiger partial charge in [0.1, 0.15) is 11.5 Å². The zero-order valence-corrected chi connectivity index (χ0v) is 13.2. The molecule has 1 aromatic heterocycles. The van der Waals surface area contributed by atoms with Gasteiger partial charge in [0.15, 0.2) is 0 Å². The Labute approximate surface area is 138 Å². The molecule has 5 nitrogen and oxygen atoms in total. The molecule has 0 aliphatic carbocycles. The number of hydrogen-bond donors (Lipinski definition) is 1. The fourth-order valence-corrected chi connectivity index (χ4v) is 2.67. The Hall–Kier alpha value is -1.85. The van der Waals surface area contributed by atoms with Crippen molar-refractivity contribution < 1.29 is 4.79 Å². The van der Waals surface area contributed by atoms with Crippen molar-refractivity contribution in [1.29, 1.82) is 0 Å². The van der Waals surface area contributed by atoms with E-state index in [1.165, 1.54) is 12.4 Å². The van der Waals surface area contributed by atoms with Gasteiger partial charge in [0, 0.05) is 13.1 Å². The summed E-state index contributed by atoms with van der Waals surface area (Å²) in [7, 11) is 0. The first kappa shape index (κ1) is 15.1. The van der Waals surface area contributed by atoms with E-state index in [-0.39, 0.29) is 5.91 Å². The van der Waals surface area contributed by atoms with Gasteiger partial charge in [0.25, 0.3) is 5.91 Å². The monoisotopic (exact) mass is 336 g/mol. The minimum absolute atomic E-state index is 0.0719. The number of amides is 1. The number of halogens is 2. The van der Waals surface area contributed by atoms with Gasteiger partial charge in [-0.1, -0.05) is 29.3 Å². The second kappa shape index (κ2) is 6.50. The summed E-state index contributed by atoms with van der Waals surface area (Å²) in [5, 5.41) is 3.91. The topological polar surface area (TPSA) is 58.1 Å². The van der Waals surface area contributed by atoms with Crippen LogP contribution in [0.1, 0.15) is 23.3 Å². The first-order chi connectivity index (χ1) is 10.6. The molecule has 0 spiro atoms. The molecule has 1 saturated heterocycles. The number of nitrogens with zero attached hydrogens (tertiary/aromatic N) is 3. The molecule has 2 heterocycles. The van der Waals surface area contributed by atoms with Crippen LogP contribution in [-0.4, -0.2) is 33.9 Å². The van der Waals surface area contributed by atoms with E-state index in [1.807, 2.05) is 0 Å². The van der Waals surface area contributed by atoms with Gasteiger partial charge in [0.2, 0.25) is 0 Å². The normalized spacial score (nSPS) is 14.2. The fourth-order valence-electron chi connectivity index (χ4n) is 2.32. The Kier molecular flexibility index (Phi) is 4.45. The molecule has 22 heavy (non-hydrogen) atoms. The highest BCUT2D eigenvalue weighted by Gasteiger charge is 2.20. The van der Waals surface area contributed by atoms with Crippen molar-refractivity contribution in [1.82, 2.24) is 14.9 Å². The predicted molar refractivity (Wildman–Crippen MR) is 86.9 cm³/mol. The van der Waals surface area contributed by atoms with E-state index in [1.54, 1.807) is 23.1 Å². The second-order valence-corrected chi connectivity index (χ2v) is 5.80. The molecule has 0 radical (unpaired) electrons. The van der Waals surface area contributed by atoms with Crippen LogP contribution in [0, 0.1) is 0 Å². The number of likely N-dealkylation sites (tertiary alicyclic amines) is 1. The van der Waals surface area contributed by atoms with Crippen LogP contribution in [0.25, 0.3) is 0 Å². The highest BCUT2D eigenvalue weighted by Crippen LogP contribution is 2.31. The van der Waals surface area contributed by atoms with Crippen molar-refractivity contribution in [2.75, 3.05) is 18.4 Å². The standard InChI is InChI=1S/C15H14Cl2N4O/c16-10-4-3-5-11(14(10)17)20-13-9-18-12(8-19-13)15(22)21-6-1-2-7-21/h3-5,8-9H,1-2,6-7H2,(H,19,20). The Morgan fingerprint density at radius 1 is 1.14 bits per heavy atom. The average molecular weight is 337 g/mol. The first-order valence-electron chi connectivity index (χ1n) is 6.97. The predicted octanol–water partition coefficient (Wildman–Crippen LogP) is 3.76. The van der Waals surface area contributed by atoms with E-state index in [9.17, 15) is 4.79 Å². The molecule has 1 fully saturated rings. The number of nitrogens with one attached hydrogen (secondary N) is 1. The number of carbonyl (C=O) groups is 1. The number of carbonyl (C=O) groups excluding carboxylic acids is 1. The molecular formula is C15H14Cl2N4O. The van der Waals surface area contributed by atoms with Gasteiger partial charge >= 0.3 is 0 Å². The van der Waals surface area contributed by atoms with Crippen LogP contribution < -0.4 is 5.32 Å². The summed E-state index contributed by atoms with van der Waals surface area (Å²) >= 11 is 12.1. The highest BCUT2D eigenvalue weighted by molar-refractivity contribution is 6.43. The van der Waals surface area contributed by atoms with E-state index in [0.717, 1.165) is 25.9 Å². The maximum Gasteiger partial charge on any atom is 0.274 e. The molecule has 0 unspecified atom stereocenters. The Morgan fingerprint density at radius 3 is 2.59 bits per heavy atom. The number of anilines is 2. The molecule has 0 bridgehead atoms. The summed E-state index contributed by atoms with van der Waals surface area (Å²) < 4.78 is 0. The molecule has 3 rings (SSSR count). The minimum atomic E-state index is -0.0719. The zero-order chi connectivity index (χ0) is 15.5. The van der Waals surface area contributed by atoms with E-state index in [4.69, 9.17) is 23.2 Å². The number of hydrogen-bond acceptors (Lipinski definition) is 4. The van der Waals surface area contributed by atoms with Gasteiger partial charge in [0.05, 0.1) is 28.1 Å². The van der Waals surface area contributed by atoms with Crippen molar-refractivity contribution in [3.05, 3.63) is 46.3 Å². The lowest BCUT2D eigenvalue weighted by Gasteiger charge is -2.14. The number of aromatic nitrogens is 2. The van der Waals surface area contributed by atoms with Crippen LogP contribution in [0.3, 0.4) is 0 Å². The van der Waals surface area contributed by atoms with Crippen LogP contribution >= 0.6 is 23.2 Å². The van der Waals surface area contributed by atoms with Crippen molar-refractivity contribution in [3.63, 3.8) is 0 Å². The molecule has 7 heteroatoms. The molecule has 1 aliphatic rings. The summed E-state index contributed by atoms with van der Waals surface area (Å²) in [5.74, 6) is 0.430. The van der Waals surface area contributed by atoms with Crippen LogP contribution in [-0.2, 0) is 0 Å².